The second-order valence-corrected chi connectivity index (χ2v) is 5.00. The second-order valence-electron chi connectivity index (χ2n) is 4.74. The van der Waals surface area contributed by atoms with Crippen LogP contribution < -0.4 is 15.4 Å². The summed E-state index contributed by atoms with van der Waals surface area (Å²) in [7, 11) is 1.63. The minimum atomic E-state index is -0.361. The van der Waals surface area contributed by atoms with Crippen molar-refractivity contribution in [1.82, 2.24) is 15.6 Å². The highest BCUT2D eigenvalue weighted by atomic mass is 35.5. The number of aromatic nitrogens is 1. The fraction of sp³-hybridized carbons (Fsp3) is 0.333. The predicted molar refractivity (Wildman–Crippen MR) is 85.3 cm³/mol. The largest absolute Gasteiger partial charge is 0.497 e. The number of hydrogen-bond acceptors (Lipinski definition) is 3. The first-order chi connectivity index (χ1) is 10.6. The summed E-state index contributed by atoms with van der Waals surface area (Å²) in [6.45, 7) is 0.424. The van der Waals surface area contributed by atoms with E-state index in [0.29, 0.717) is 13.0 Å². The fourth-order valence-corrected chi connectivity index (χ4v) is 2.21. The molecule has 22 heavy (non-hydrogen) atoms. The van der Waals surface area contributed by atoms with Gasteiger partial charge in [-0.1, -0.05) is 0 Å². The summed E-state index contributed by atoms with van der Waals surface area (Å²) in [6, 6.07) is 5.81. The van der Waals surface area contributed by atoms with Crippen molar-refractivity contribution in [3.05, 3.63) is 30.0 Å². The Balaban J connectivity index is 1.87. The minimum absolute atomic E-state index is 0.0622. The Bertz CT molecular complexity index is 669. The van der Waals surface area contributed by atoms with E-state index < -0.39 is 0 Å². The zero-order valence-corrected chi connectivity index (χ0v) is 13.0. The van der Waals surface area contributed by atoms with E-state index in [0.717, 1.165) is 22.2 Å². The Morgan fingerprint density at radius 3 is 2.82 bits per heavy atom. The quantitative estimate of drug-likeness (QED) is 0.669. The molecule has 3 N–H and O–H groups in total. The molecule has 6 nitrogen and oxygen atoms in total. The van der Waals surface area contributed by atoms with E-state index in [1.807, 2.05) is 24.4 Å². The molecular formula is C15H18ClN3O3. The average molecular weight is 324 g/mol. The minimum Gasteiger partial charge on any atom is -0.497 e. The molecule has 0 atom stereocenters. The Morgan fingerprint density at radius 2 is 2.09 bits per heavy atom. The molecule has 0 aliphatic rings. The smallest absolute Gasteiger partial charge is 0.239 e. The van der Waals surface area contributed by atoms with Crippen molar-refractivity contribution in [2.24, 2.45) is 0 Å². The third-order valence-electron chi connectivity index (χ3n) is 3.26. The van der Waals surface area contributed by atoms with Crippen LogP contribution in [0.1, 0.15) is 5.56 Å². The monoisotopic (exact) mass is 323 g/mol. The van der Waals surface area contributed by atoms with Gasteiger partial charge >= 0.3 is 0 Å². The van der Waals surface area contributed by atoms with Crippen molar-refractivity contribution in [1.29, 1.82) is 0 Å². The lowest BCUT2D eigenvalue weighted by atomic mass is 10.1. The van der Waals surface area contributed by atoms with E-state index in [-0.39, 0.29) is 24.2 Å². The number of methoxy groups -OCH3 is 1. The molecule has 118 valence electrons. The third-order valence-corrected chi connectivity index (χ3v) is 3.50. The molecule has 0 aliphatic carbocycles. The lowest BCUT2D eigenvalue weighted by Gasteiger charge is -2.06. The normalized spacial score (nSPS) is 10.5. The van der Waals surface area contributed by atoms with Crippen LogP contribution in [0.3, 0.4) is 0 Å². The molecule has 1 heterocycles. The van der Waals surface area contributed by atoms with Gasteiger partial charge in [-0.25, -0.2) is 0 Å². The zero-order valence-electron chi connectivity index (χ0n) is 12.2. The lowest BCUT2D eigenvalue weighted by molar-refractivity contribution is -0.124. The molecule has 2 aromatic rings. The molecular weight excluding hydrogens is 306 g/mol. The number of benzene rings is 1. The summed E-state index contributed by atoms with van der Waals surface area (Å²) < 4.78 is 5.22. The number of amides is 2. The van der Waals surface area contributed by atoms with Gasteiger partial charge in [-0.2, -0.15) is 0 Å². The topological polar surface area (TPSA) is 83.2 Å². The fourth-order valence-electron chi connectivity index (χ4n) is 2.12. The molecule has 0 aliphatic heterocycles. The summed E-state index contributed by atoms with van der Waals surface area (Å²) in [5.41, 5.74) is 2.12. The number of nitrogens with one attached hydrogen (secondary N) is 3. The van der Waals surface area contributed by atoms with Crippen molar-refractivity contribution < 1.29 is 14.3 Å². The Labute approximate surface area is 133 Å². The Morgan fingerprint density at radius 1 is 1.27 bits per heavy atom. The first-order valence-electron chi connectivity index (χ1n) is 6.87. The van der Waals surface area contributed by atoms with Crippen LogP contribution in [-0.2, 0) is 16.0 Å². The van der Waals surface area contributed by atoms with Crippen LogP contribution in [0.2, 0.25) is 0 Å². The van der Waals surface area contributed by atoms with Crippen LogP contribution in [-0.4, -0.2) is 42.9 Å². The summed E-state index contributed by atoms with van der Waals surface area (Å²) in [4.78, 5) is 25.7. The first-order valence-corrected chi connectivity index (χ1v) is 7.41. The zero-order chi connectivity index (χ0) is 15.9. The first kappa shape index (κ1) is 16.2. The number of carbonyl (C=O) groups excluding carboxylic acids is 2. The van der Waals surface area contributed by atoms with Gasteiger partial charge in [0.2, 0.25) is 11.8 Å². The third kappa shape index (κ3) is 4.14. The van der Waals surface area contributed by atoms with Gasteiger partial charge in [-0.05, 0) is 30.2 Å². The molecule has 1 aromatic heterocycles. The average Bonchev–Trinajstić information content (AvgIpc) is 2.94. The number of aromatic amines is 1. The van der Waals surface area contributed by atoms with E-state index >= 15 is 0 Å². The van der Waals surface area contributed by atoms with Crippen molar-refractivity contribution in [2.45, 2.75) is 6.42 Å². The van der Waals surface area contributed by atoms with Crippen LogP contribution >= 0.6 is 11.6 Å². The van der Waals surface area contributed by atoms with Gasteiger partial charge in [0.05, 0.1) is 13.7 Å². The van der Waals surface area contributed by atoms with Gasteiger partial charge in [0.15, 0.2) is 0 Å². The van der Waals surface area contributed by atoms with Gasteiger partial charge in [0.1, 0.15) is 11.6 Å². The number of hydrogen-bond donors (Lipinski definition) is 3. The lowest BCUT2D eigenvalue weighted by Crippen LogP contribution is -2.38. The summed E-state index contributed by atoms with van der Waals surface area (Å²) in [5, 5.41) is 6.24. The second kappa shape index (κ2) is 7.70. The van der Waals surface area contributed by atoms with E-state index in [9.17, 15) is 9.59 Å². The van der Waals surface area contributed by atoms with Gasteiger partial charge in [0, 0.05) is 23.6 Å². The number of halogens is 1. The summed E-state index contributed by atoms with van der Waals surface area (Å²) >= 11 is 5.33. The molecule has 0 unspecified atom stereocenters. The number of rotatable bonds is 7. The van der Waals surface area contributed by atoms with Gasteiger partial charge in [-0.15, -0.1) is 11.6 Å². The van der Waals surface area contributed by atoms with E-state index in [2.05, 4.69) is 15.6 Å². The van der Waals surface area contributed by atoms with Crippen LogP contribution in [0.5, 0.6) is 5.75 Å². The van der Waals surface area contributed by atoms with E-state index in [1.165, 1.54) is 0 Å². The maximum Gasteiger partial charge on any atom is 0.239 e. The van der Waals surface area contributed by atoms with Crippen molar-refractivity contribution in [3.8, 4) is 5.75 Å². The molecule has 2 amide bonds. The molecule has 1 aromatic carbocycles. The Kier molecular flexibility index (Phi) is 5.66. The maximum absolute atomic E-state index is 11.6. The highest BCUT2D eigenvalue weighted by molar-refractivity contribution is 6.27. The summed E-state index contributed by atoms with van der Waals surface area (Å²) in [6.07, 6.45) is 2.61. The highest BCUT2D eigenvalue weighted by Gasteiger charge is 2.07. The van der Waals surface area contributed by atoms with E-state index in [4.69, 9.17) is 16.3 Å². The molecule has 0 spiro atoms. The molecule has 0 fully saturated rings. The van der Waals surface area contributed by atoms with Crippen LogP contribution in [0, 0.1) is 0 Å². The van der Waals surface area contributed by atoms with Gasteiger partial charge < -0.3 is 20.4 Å². The number of ether oxygens (including phenoxy) is 1. The van der Waals surface area contributed by atoms with E-state index in [1.54, 1.807) is 7.11 Å². The number of fused-ring (bicyclic) bond motifs is 1. The molecule has 0 saturated heterocycles. The van der Waals surface area contributed by atoms with Crippen molar-refractivity contribution >= 4 is 34.3 Å². The standard InChI is InChI=1S/C15H18ClN3O3/c1-22-11-2-3-13-12(6-11)10(8-18-13)4-5-17-15(21)9-19-14(20)7-16/h2-3,6,8,18H,4-5,7,9H2,1H3,(H,17,21)(H,19,20). The van der Waals surface area contributed by atoms with Gasteiger partial charge in [-0.3, -0.25) is 9.59 Å². The molecule has 0 bridgehead atoms. The predicted octanol–water partition coefficient (Wildman–Crippen LogP) is 1.19. The molecule has 0 radical (unpaired) electrons. The number of alkyl halides is 1. The molecule has 0 saturated carbocycles. The summed E-state index contributed by atoms with van der Waals surface area (Å²) in [5.74, 6) is 0.0439. The van der Waals surface area contributed by atoms with Gasteiger partial charge in [0.25, 0.3) is 0 Å². The van der Waals surface area contributed by atoms with Crippen LogP contribution in [0.4, 0.5) is 0 Å². The highest BCUT2D eigenvalue weighted by Crippen LogP contribution is 2.23. The number of H-pyrrole nitrogens is 1. The maximum atomic E-state index is 11.6. The Hall–Kier alpha value is -2.21. The molecule has 7 heteroatoms. The van der Waals surface area contributed by atoms with Crippen molar-refractivity contribution in [3.63, 3.8) is 0 Å². The van der Waals surface area contributed by atoms with Crippen molar-refractivity contribution in [2.75, 3.05) is 26.1 Å². The van der Waals surface area contributed by atoms with Crippen LogP contribution in [0.15, 0.2) is 24.4 Å². The number of carbonyl (C=O) groups is 2. The van der Waals surface area contributed by atoms with Crippen LogP contribution in [0.25, 0.3) is 10.9 Å². The SMILES string of the molecule is COc1ccc2[nH]cc(CCNC(=O)CNC(=O)CCl)c2c1. The molecule has 2 rings (SSSR count).